The molecule has 1 atom stereocenters. The molecular formula is C21H26N4O6S. The molecule has 0 radical (unpaired) electrons. The minimum absolute atomic E-state index is 0.0336. The zero-order valence-corrected chi connectivity index (χ0v) is 18.9. The summed E-state index contributed by atoms with van der Waals surface area (Å²) in [6.45, 7) is 3.67. The number of hydrogen-bond donors (Lipinski definition) is 3. The van der Waals surface area contributed by atoms with Gasteiger partial charge in [0, 0.05) is 32.3 Å². The number of rotatable bonds is 10. The van der Waals surface area contributed by atoms with Crippen LogP contribution in [0.3, 0.4) is 0 Å². The van der Waals surface area contributed by atoms with E-state index in [1.807, 2.05) is 31.2 Å². The van der Waals surface area contributed by atoms with Crippen molar-refractivity contribution in [1.82, 2.24) is 10.6 Å². The van der Waals surface area contributed by atoms with E-state index in [2.05, 4.69) is 16.0 Å². The third-order valence-electron chi connectivity index (χ3n) is 4.60. The fourth-order valence-corrected chi connectivity index (χ4v) is 3.64. The highest BCUT2D eigenvalue weighted by atomic mass is 32.2. The normalized spacial score (nSPS) is 12.0. The van der Waals surface area contributed by atoms with E-state index < -0.39 is 20.8 Å². The van der Waals surface area contributed by atoms with Crippen molar-refractivity contribution < 1.29 is 22.9 Å². The lowest BCUT2D eigenvalue weighted by molar-refractivity contribution is -0.384. The summed E-state index contributed by atoms with van der Waals surface area (Å²) in [6, 6.07) is 10.6. The number of amides is 2. The summed E-state index contributed by atoms with van der Waals surface area (Å²) < 4.78 is 23.2. The number of sulfone groups is 1. The van der Waals surface area contributed by atoms with Gasteiger partial charge in [0.1, 0.15) is 5.69 Å². The van der Waals surface area contributed by atoms with Crippen molar-refractivity contribution in [2.24, 2.45) is 0 Å². The molecule has 32 heavy (non-hydrogen) atoms. The van der Waals surface area contributed by atoms with Crippen LogP contribution in [0.5, 0.6) is 0 Å². The molecule has 0 aromatic heterocycles. The molecule has 0 aliphatic rings. The summed E-state index contributed by atoms with van der Waals surface area (Å²) in [5.41, 5.74) is 1.64. The maximum atomic E-state index is 12.4. The van der Waals surface area contributed by atoms with Crippen molar-refractivity contribution in [3.05, 3.63) is 63.7 Å². The molecule has 0 aliphatic carbocycles. The Morgan fingerprint density at radius 1 is 1.09 bits per heavy atom. The summed E-state index contributed by atoms with van der Waals surface area (Å²) in [4.78, 5) is 34.3. The number of carbonyl (C=O) groups is 2. The number of nitro benzene ring substituents is 1. The largest absolute Gasteiger partial charge is 0.378 e. The standard InChI is InChI=1S/C21H26N4O6S/c1-14-4-6-16(7-5-14)19(24-15(2)26)13-21(27)23-11-10-22-18-9-8-17(32(3,30)31)12-20(18)25(28)29/h4-9,12,19,22H,10-11,13H2,1-3H3,(H,23,27)(H,24,26). The van der Waals surface area contributed by atoms with Crippen molar-refractivity contribution >= 4 is 33.0 Å². The van der Waals surface area contributed by atoms with Crippen molar-refractivity contribution in [2.45, 2.75) is 31.2 Å². The Bertz CT molecular complexity index is 1100. The van der Waals surface area contributed by atoms with Crippen LogP contribution in [0.25, 0.3) is 0 Å². The molecule has 10 nitrogen and oxygen atoms in total. The molecule has 1 unspecified atom stereocenters. The monoisotopic (exact) mass is 462 g/mol. The van der Waals surface area contributed by atoms with Gasteiger partial charge in [0.25, 0.3) is 5.69 Å². The average Bonchev–Trinajstić information content (AvgIpc) is 2.70. The molecule has 0 heterocycles. The number of hydrogen-bond acceptors (Lipinski definition) is 7. The fourth-order valence-electron chi connectivity index (χ4n) is 3.00. The highest BCUT2D eigenvalue weighted by Crippen LogP contribution is 2.27. The Morgan fingerprint density at radius 3 is 2.31 bits per heavy atom. The predicted octanol–water partition coefficient (Wildman–Crippen LogP) is 2.10. The average molecular weight is 463 g/mol. The van der Waals surface area contributed by atoms with E-state index >= 15 is 0 Å². The second kappa shape index (κ2) is 10.7. The van der Waals surface area contributed by atoms with Crippen LogP contribution < -0.4 is 16.0 Å². The van der Waals surface area contributed by atoms with E-state index in [0.717, 1.165) is 23.4 Å². The minimum Gasteiger partial charge on any atom is -0.378 e. The van der Waals surface area contributed by atoms with Crippen LogP contribution in [0.2, 0.25) is 0 Å². The van der Waals surface area contributed by atoms with Gasteiger partial charge in [-0.3, -0.25) is 19.7 Å². The summed E-state index contributed by atoms with van der Waals surface area (Å²) in [5.74, 6) is -0.553. The van der Waals surface area contributed by atoms with E-state index in [0.29, 0.717) is 0 Å². The second-order valence-electron chi connectivity index (χ2n) is 7.35. The first-order valence-corrected chi connectivity index (χ1v) is 11.7. The van der Waals surface area contributed by atoms with Crippen LogP contribution in [-0.2, 0) is 19.4 Å². The molecule has 2 aromatic rings. The summed E-state index contributed by atoms with van der Waals surface area (Å²) in [7, 11) is -3.58. The zero-order valence-electron chi connectivity index (χ0n) is 18.0. The molecular weight excluding hydrogens is 436 g/mol. The Morgan fingerprint density at radius 2 is 1.75 bits per heavy atom. The first-order chi connectivity index (χ1) is 15.0. The third kappa shape index (κ3) is 7.34. The quantitative estimate of drug-likeness (QED) is 0.278. The van der Waals surface area contributed by atoms with Gasteiger partial charge in [-0.2, -0.15) is 0 Å². The van der Waals surface area contributed by atoms with E-state index in [-0.39, 0.29) is 47.6 Å². The van der Waals surface area contributed by atoms with Crippen molar-refractivity contribution in [1.29, 1.82) is 0 Å². The maximum Gasteiger partial charge on any atom is 0.293 e. The van der Waals surface area contributed by atoms with Gasteiger partial charge < -0.3 is 16.0 Å². The first-order valence-electron chi connectivity index (χ1n) is 9.80. The van der Waals surface area contributed by atoms with Crippen LogP contribution in [0.15, 0.2) is 47.4 Å². The van der Waals surface area contributed by atoms with Crippen molar-refractivity contribution in [2.75, 3.05) is 24.7 Å². The number of nitro groups is 1. The molecule has 2 rings (SSSR count). The summed E-state index contributed by atoms with van der Waals surface area (Å²) >= 11 is 0. The van der Waals surface area contributed by atoms with Crippen molar-refractivity contribution in [3.63, 3.8) is 0 Å². The van der Waals surface area contributed by atoms with Gasteiger partial charge in [-0.15, -0.1) is 0 Å². The van der Waals surface area contributed by atoms with E-state index in [4.69, 9.17) is 0 Å². The molecule has 11 heteroatoms. The fraction of sp³-hybridized carbons (Fsp3) is 0.333. The van der Waals surface area contributed by atoms with Gasteiger partial charge in [0.2, 0.25) is 11.8 Å². The highest BCUT2D eigenvalue weighted by Gasteiger charge is 2.19. The minimum atomic E-state index is -3.58. The van der Waals surface area contributed by atoms with E-state index in [9.17, 15) is 28.1 Å². The van der Waals surface area contributed by atoms with Gasteiger partial charge in [-0.25, -0.2) is 8.42 Å². The topological polar surface area (TPSA) is 148 Å². The smallest absolute Gasteiger partial charge is 0.293 e. The van der Waals surface area contributed by atoms with Crippen LogP contribution in [0.1, 0.15) is 30.5 Å². The first kappa shape index (κ1) is 24.8. The Balaban J connectivity index is 1.95. The number of carbonyl (C=O) groups excluding carboxylic acids is 2. The molecule has 0 fully saturated rings. The van der Waals surface area contributed by atoms with Crippen molar-refractivity contribution in [3.8, 4) is 0 Å². The molecule has 2 aromatic carbocycles. The molecule has 0 saturated heterocycles. The number of benzene rings is 2. The molecule has 0 aliphatic heterocycles. The van der Waals surface area contributed by atoms with Crippen LogP contribution in [-0.4, -0.2) is 44.5 Å². The SMILES string of the molecule is CC(=O)NC(CC(=O)NCCNc1ccc(S(C)(=O)=O)cc1[N+](=O)[O-])c1ccc(C)cc1. The number of nitrogens with zero attached hydrogens (tertiary/aromatic N) is 1. The zero-order chi connectivity index (χ0) is 23.9. The molecule has 2 amide bonds. The molecule has 3 N–H and O–H groups in total. The van der Waals surface area contributed by atoms with Gasteiger partial charge in [0.15, 0.2) is 9.84 Å². The third-order valence-corrected chi connectivity index (χ3v) is 5.71. The van der Waals surface area contributed by atoms with Crippen LogP contribution in [0.4, 0.5) is 11.4 Å². The van der Waals surface area contributed by atoms with Crippen LogP contribution >= 0.6 is 0 Å². The van der Waals surface area contributed by atoms with Gasteiger partial charge >= 0.3 is 0 Å². The summed E-state index contributed by atoms with van der Waals surface area (Å²) in [6.07, 6.45) is 1.01. The molecule has 0 bridgehead atoms. The van der Waals surface area contributed by atoms with Gasteiger partial charge in [-0.1, -0.05) is 29.8 Å². The summed E-state index contributed by atoms with van der Waals surface area (Å²) in [5, 5.41) is 19.6. The molecule has 0 saturated carbocycles. The lowest BCUT2D eigenvalue weighted by Gasteiger charge is -2.18. The predicted molar refractivity (Wildman–Crippen MR) is 120 cm³/mol. The molecule has 0 spiro atoms. The number of nitrogens with one attached hydrogen (secondary N) is 3. The maximum absolute atomic E-state index is 12.4. The number of anilines is 1. The number of aryl methyl sites for hydroxylation is 1. The molecule has 172 valence electrons. The van der Waals surface area contributed by atoms with E-state index in [1.54, 1.807) is 0 Å². The van der Waals surface area contributed by atoms with Crippen LogP contribution in [0, 0.1) is 17.0 Å². The Labute approximate surface area is 186 Å². The lowest BCUT2D eigenvalue weighted by Crippen LogP contribution is -2.34. The highest BCUT2D eigenvalue weighted by molar-refractivity contribution is 7.90. The Kier molecular flexibility index (Phi) is 8.30. The van der Waals surface area contributed by atoms with E-state index in [1.165, 1.54) is 19.1 Å². The van der Waals surface area contributed by atoms with Gasteiger partial charge in [0.05, 0.1) is 22.3 Å². The Hall–Kier alpha value is -3.47. The van der Waals surface area contributed by atoms with Gasteiger partial charge in [-0.05, 0) is 24.6 Å². The lowest BCUT2D eigenvalue weighted by atomic mass is 10.0. The second-order valence-corrected chi connectivity index (χ2v) is 9.37.